The number of carboxylic acid groups (broad SMARTS) is 1. The van der Waals surface area contributed by atoms with Crippen LogP contribution in [0.4, 0.5) is 4.79 Å². The Bertz CT molecular complexity index is 664. The minimum absolute atomic E-state index is 0.112. The van der Waals surface area contributed by atoms with Gasteiger partial charge in [0, 0.05) is 29.7 Å². The van der Waals surface area contributed by atoms with Gasteiger partial charge in [0.25, 0.3) is 0 Å². The molecule has 0 spiro atoms. The van der Waals surface area contributed by atoms with E-state index in [0.29, 0.717) is 31.6 Å². The van der Waals surface area contributed by atoms with Gasteiger partial charge in [0.1, 0.15) is 0 Å². The van der Waals surface area contributed by atoms with Gasteiger partial charge in [-0.05, 0) is 36.2 Å². The van der Waals surface area contributed by atoms with Crippen LogP contribution in [0, 0.1) is 0 Å². The van der Waals surface area contributed by atoms with Crippen molar-refractivity contribution < 1.29 is 15.0 Å². The lowest BCUT2D eigenvalue weighted by Crippen LogP contribution is -2.33. The number of aromatic nitrogens is 1. The fourth-order valence-electron chi connectivity index (χ4n) is 2.27. The van der Waals surface area contributed by atoms with Crippen molar-refractivity contribution in [2.45, 2.75) is 19.4 Å². The molecule has 0 atom stereocenters. The lowest BCUT2D eigenvalue weighted by atomic mass is 10.1. The SMILES string of the molecule is O=C(O)N(CCc1cccc(Br)c1)CCc1cccc(CO)n1. The Morgan fingerprint density at radius 1 is 1.09 bits per heavy atom. The van der Waals surface area contributed by atoms with Crippen LogP contribution in [0.15, 0.2) is 46.9 Å². The first-order valence-corrected chi connectivity index (χ1v) is 8.16. The molecule has 122 valence electrons. The third-order valence-electron chi connectivity index (χ3n) is 3.49. The topological polar surface area (TPSA) is 73.7 Å². The van der Waals surface area contributed by atoms with E-state index < -0.39 is 6.09 Å². The summed E-state index contributed by atoms with van der Waals surface area (Å²) in [5.74, 6) is 0. The Labute approximate surface area is 143 Å². The van der Waals surface area contributed by atoms with Crippen molar-refractivity contribution in [3.8, 4) is 0 Å². The minimum Gasteiger partial charge on any atom is -0.465 e. The van der Waals surface area contributed by atoms with Gasteiger partial charge >= 0.3 is 6.09 Å². The molecule has 0 radical (unpaired) electrons. The molecule has 5 nitrogen and oxygen atoms in total. The molecule has 0 aliphatic rings. The van der Waals surface area contributed by atoms with Gasteiger partial charge in [-0.1, -0.05) is 34.1 Å². The smallest absolute Gasteiger partial charge is 0.407 e. The standard InChI is InChI=1S/C17H19BrN2O3/c18-14-4-1-3-13(11-14)7-9-20(17(22)23)10-8-15-5-2-6-16(12-21)19-15/h1-6,11,21H,7-10,12H2,(H,22,23). The lowest BCUT2D eigenvalue weighted by molar-refractivity contribution is 0.146. The molecule has 0 fully saturated rings. The highest BCUT2D eigenvalue weighted by Gasteiger charge is 2.12. The molecule has 23 heavy (non-hydrogen) atoms. The van der Waals surface area contributed by atoms with Gasteiger partial charge in [0.2, 0.25) is 0 Å². The summed E-state index contributed by atoms with van der Waals surface area (Å²) in [6.45, 7) is 0.704. The average molecular weight is 379 g/mol. The van der Waals surface area contributed by atoms with Crippen molar-refractivity contribution in [1.82, 2.24) is 9.88 Å². The molecule has 2 aromatic rings. The zero-order valence-electron chi connectivity index (χ0n) is 12.7. The van der Waals surface area contributed by atoms with Crippen molar-refractivity contribution in [1.29, 1.82) is 0 Å². The Morgan fingerprint density at radius 3 is 2.48 bits per heavy atom. The second kappa shape index (κ2) is 8.64. The first-order valence-electron chi connectivity index (χ1n) is 7.36. The Balaban J connectivity index is 1.92. The molecule has 0 aliphatic carbocycles. The molecular weight excluding hydrogens is 360 g/mol. The fraction of sp³-hybridized carbons (Fsp3) is 0.294. The van der Waals surface area contributed by atoms with Crippen LogP contribution in [0.1, 0.15) is 17.0 Å². The van der Waals surface area contributed by atoms with E-state index in [9.17, 15) is 9.90 Å². The van der Waals surface area contributed by atoms with Gasteiger partial charge in [-0.25, -0.2) is 4.79 Å². The summed E-state index contributed by atoms with van der Waals surface area (Å²) >= 11 is 3.41. The highest BCUT2D eigenvalue weighted by molar-refractivity contribution is 9.10. The van der Waals surface area contributed by atoms with Gasteiger partial charge in [-0.15, -0.1) is 0 Å². The zero-order chi connectivity index (χ0) is 16.7. The van der Waals surface area contributed by atoms with E-state index in [-0.39, 0.29) is 6.61 Å². The number of carbonyl (C=O) groups is 1. The van der Waals surface area contributed by atoms with Crippen molar-refractivity contribution in [2.24, 2.45) is 0 Å². The van der Waals surface area contributed by atoms with Crippen molar-refractivity contribution in [2.75, 3.05) is 13.1 Å². The van der Waals surface area contributed by atoms with Crippen LogP contribution >= 0.6 is 15.9 Å². The van der Waals surface area contributed by atoms with E-state index in [4.69, 9.17) is 5.11 Å². The van der Waals surface area contributed by atoms with E-state index in [1.54, 1.807) is 6.07 Å². The number of hydrogen-bond donors (Lipinski definition) is 2. The summed E-state index contributed by atoms with van der Waals surface area (Å²) in [7, 11) is 0. The van der Waals surface area contributed by atoms with Crippen molar-refractivity contribution in [3.63, 3.8) is 0 Å². The predicted molar refractivity (Wildman–Crippen MR) is 91.3 cm³/mol. The zero-order valence-corrected chi connectivity index (χ0v) is 14.2. The largest absolute Gasteiger partial charge is 0.465 e. The van der Waals surface area contributed by atoms with Gasteiger partial charge in [0.15, 0.2) is 0 Å². The number of aliphatic hydroxyl groups is 1. The minimum atomic E-state index is -0.932. The van der Waals surface area contributed by atoms with Crippen LogP contribution in [-0.2, 0) is 19.4 Å². The number of nitrogens with zero attached hydrogens (tertiary/aromatic N) is 2. The second-order valence-corrected chi connectivity index (χ2v) is 6.09. The number of hydrogen-bond acceptors (Lipinski definition) is 3. The quantitative estimate of drug-likeness (QED) is 0.776. The molecule has 1 aromatic heterocycles. The van der Waals surface area contributed by atoms with Crippen LogP contribution in [0.2, 0.25) is 0 Å². The molecular formula is C17H19BrN2O3. The maximum absolute atomic E-state index is 11.4. The van der Waals surface area contributed by atoms with E-state index in [1.165, 1.54) is 4.90 Å². The number of amides is 1. The summed E-state index contributed by atoms with van der Waals surface area (Å²) < 4.78 is 0.988. The number of pyridine rings is 1. The summed E-state index contributed by atoms with van der Waals surface area (Å²) in [4.78, 5) is 17.1. The van der Waals surface area contributed by atoms with E-state index in [1.807, 2.05) is 36.4 Å². The van der Waals surface area contributed by atoms with Crippen molar-refractivity contribution in [3.05, 3.63) is 63.9 Å². The predicted octanol–water partition coefficient (Wildman–Crippen LogP) is 3.10. The number of aliphatic hydroxyl groups excluding tert-OH is 1. The lowest BCUT2D eigenvalue weighted by Gasteiger charge is -2.19. The molecule has 1 heterocycles. The Hall–Kier alpha value is -1.92. The van der Waals surface area contributed by atoms with E-state index >= 15 is 0 Å². The van der Waals surface area contributed by atoms with Crippen LogP contribution < -0.4 is 0 Å². The third-order valence-corrected chi connectivity index (χ3v) is 3.99. The first kappa shape index (κ1) is 17.4. The van der Waals surface area contributed by atoms with Crippen LogP contribution in [0.3, 0.4) is 0 Å². The molecule has 0 saturated heterocycles. The maximum atomic E-state index is 11.4. The summed E-state index contributed by atoms with van der Waals surface area (Å²) in [5, 5.41) is 18.4. The number of halogens is 1. The van der Waals surface area contributed by atoms with Gasteiger partial charge < -0.3 is 15.1 Å². The normalized spacial score (nSPS) is 10.5. The maximum Gasteiger partial charge on any atom is 0.407 e. The highest BCUT2D eigenvalue weighted by Crippen LogP contribution is 2.12. The number of benzene rings is 1. The molecule has 0 bridgehead atoms. The molecule has 0 saturated carbocycles. The van der Waals surface area contributed by atoms with Crippen LogP contribution in [-0.4, -0.2) is 39.3 Å². The van der Waals surface area contributed by atoms with Crippen LogP contribution in [0.25, 0.3) is 0 Å². The van der Waals surface area contributed by atoms with Gasteiger partial charge in [0.05, 0.1) is 12.3 Å². The number of rotatable bonds is 7. The van der Waals surface area contributed by atoms with Crippen molar-refractivity contribution >= 4 is 22.0 Å². The van der Waals surface area contributed by atoms with Gasteiger partial charge in [-0.2, -0.15) is 0 Å². The second-order valence-electron chi connectivity index (χ2n) is 5.18. The molecule has 0 aliphatic heterocycles. The summed E-state index contributed by atoms with van der Waals surface area (Å²) in [5.41, 5.74) is 2.47. The van der Waals surface area contributed by atoms with E-state index in [2.05, 4.69) is 20.9 Å². The molecule has 2 N–H and O–H groups in total. The molecule has 1 aromatic carbocycles. The molecule has 2 rings (SSSR count). The van der Waals surface area contributed by atoms with Gasteiger partial charge in [-0.3, -0.25) is 4.98 Å². The van der Waals surface area contributed by atoms with E-state index in [0.717, 1.165) is 15.7 Å². The highest BCUT2D eigenvalue weighted by atomic mass is 79.9. The summed E-state index contributed by atoms with van der Waals surface area (Å²) in [6, 6.07) is 13.3. The Morgan fingerprint density at radius 2 is 1.78 bits per heavy atom. The molecule has 1 amide bonds. The monoisotopic (exact) mass is 378 g/mol. The Kier molecular flexibility index (Phi) is 6.55. The average Bonchev–Trinajstić information content (AvgIpc) is 2.54. The fourth-order valence-corrected chi connectivity index (χ4v) is 2.71. The molecule has 0 unspecified atom stereocenters. The summed E-state index contributed by atoms with van der Waals surface area (Å²) in [6.07, 6.45) is 0.257. The van der Waals surface area contributed by atoms with Crippen LogP contribution in [0.5, 0.6) is 0 Å². The first-order chi connectivity index (χ1) is 11.1. The molecule has 6 heteroatoms. The third kappa shape index (κ3) is 5.65.